The number of aryl methyl sites for hydroxylation is 1. The number of benzene rings is 1. The van der Waals surface area contributed by atoms with E-state index >= 15 is 0 Å². The van der Waals surface area contributed by atoms with Gasteiger partial charge in [0.1, 0.15) is 18.0 Å². The van der Waals surface area contributed by atoms with Gasteiger partial charge >= 0.3 is 0 Å². The fraction of sp³-hybridized carbons (Fsp3) is 0.294. The Hall–Kier alpha value is -2.45. The molecule has 0 bridgehead atoms. The lowest BCUT2D eigenvalue weighted by Gasteiger charge is -2.15. The Bertz CT molecular complexity index is 837. The van der Waals surface area contributed by atoms with Crippen molar-refractivity contribution in [3.8, 4) is 5.75 Å². The summed E-state index contributed by atoms with van der Waals surface area (Å²) in [6, 6.07) is 11.3. The number of para-hydroxylation sites is 2. The molecule has 1 aromatic carbocycles. The number of hydrogen-bond acceptors (Lipinski definition) is 6. The number of pyridine rings is 1. The number of rotatable bonds is 8. The number of methoxy groups -OCH3 is 1. The fourth-order valence-electron chi connectivity index (χ4n) is 2.29. The highest BCUT2D eigenvalue weighted by Gasteiger charge is 2.06. The molecule has 7 nitrogen and oxygen atoms in total. The van der Waals surface area contributed by atoms with Gasteiger partial charge in [-0.1, -0.05) is 12.1 Å². The van der Waals surface area contributed by atoms with E-state index in [1.165, 1.54) is 0 Å². The monoisotopic (exact) mass is 363 g/mol. The van der Waals surface area contributed by atoms with Crippen LogP contribution >= 0.6 is 0 Å². The SMILES string of the molecule is COc1ccccc1N(C)N=Cc1ccc[n+](CCCS(=O)(=O)[O-])c1. The van der Waals surface area contributed by atoms with E-state index in [1.54, 1.807) is 18.3 Å². The maximum atomic E-state index is 10.7. The van der Waals surface area contributed by atoms with E-state index in [-0.39, 0.29) is 12.2 Å². The molecule has 0 radical (unpaired) electrons. The van der Waals surface area contributed by atoms with Crippen molar-refractivity contribution in [1.82, 2.24) is 0 Å². The Labute approximate surface area is 147 Å². The van der Waals surface area contributed by atoms with Gasteiger partial charge in [-0.05, 0) is 18.2 Å². The summed E-state index contributed by atoms with van der Waals surface area (Å²) in [4.78, 5) is 0. The van der Waals surface area contributed by atoms with E-state index < -0.39 is 10.1 Å². The van der Waals surface area contributed by atoms with E-state index in [1.807, 2.05) is 60.4 Å². The molecule has 0 aliphatic heterocycles. The first-order valence-corrected chi connectivity index (χ1v) is 9.30. The van der Waals surface area contributed by atoms with Gasteiger partial charge in [0.05, 0.1) is 29.0 Å². The topological polar surface area (TPSA) is 85.9 Å². The zero-order valence-electron chi connectivity index (χ0n) is 14.2. The van der Waals surface area contributed by atoms with Gasteiger partial charge in [0.15, 0.2) is 12.4 Å². The molecule has 1 aromatic heterocycles. The summed E-state index contributed by atoms with van der Waals surface area (Å²) in [6.07, 6.45) is 5.64. The molecule has 25 heavy (non-hydrogen) atoms. The summed E-state index contributed by atoms with van der Waals surface area (Å²) in [7, 11) is -0.738. The average molecular weight is 363 g/mol. The highest BCUT2D eigenvalue weighted by molar-refractivity contribution is 7.85. The van der Waals surface area contributed by atoms with Crippen LogP contribution < -0.4 is 14.3 Å². The van der Waals surface area contributed by atoms with Crippen LogP contribution in [0, 0.1) is 0 Å². The Morgan fingerprint density at radius 2 is 2.04 bits per heavy atom. The molecule has 0 saturated carbocycles. The molecule has 2 rings (SSSR count). The van der Waals surface area contributed by atoms with Crippen LogP contribution in [0.2, 0.25) is 0 Å². The Morgan fingerprint density at radius 1 is 1.28 bits per heavy atom. The molecule has 2 aromatic rings. The van der Waals surface area contributed by atoms with Gasteiger partial charge in [-0.15, -0.1) is 0 Å². The predicted molar refractivity (Wildman–Crippen MR) is 94.8 cm³/mol. The van der Waals surface area contributed by atoms with Crippen LogP contribution in [0.25, 0.3) is 0 Å². The van der Waals surface area contributed by atoms with Crippen molar-refractivity contribution < 1.29 is 22.3 Å². The normalized spacial score (nSPS) is 11.6. The quantitative estimate of drug-likeness (QED) is 0.306. The van der Waals surface area contributed by atoms with Crippen molar-refractivity contribution >= 4 is 22.0 Å². The molecule has 0 aliphatic carbocycles. The standard InChI is InChI=1S/C17H21N3O4S/c1-19(16-8-3-4-9-17(16)24-2)18-13-15-7-5-10-20(14-15)11-6-12-25(21,22)23/h3-5,7-10,13-14H,6,11-12H2,1-2H3. The number of hydrogen-bond donors (Lipinski definition) is 0. The lowest BCUT2D eigenvalue weighted by molar-refractivity contribution is -0.696. The van der Waals surface area contributed by atoms with Crippen LogP contribution in [0.1, 0.15) is 12.0 Å². The Balaban J connectivity index is 2.04. The van der Waals surface area contributed by atoms with Gasteiger partial charge < -0.3 is 9.29 Å². The van der Waals surface area contributed by atoms with Crippen molar-refractivity contribution in [2.24, 2.45) is 5.10 Å². The minimum absolute atomic E-state index is 0.276. The predicted octanol–water partition coefficient (Wildman–Crippen LogP) is 1.39. The fourth-order valence-corrected chi connectivity index (χ4v) is 2.78. The molecule has 0 fully saturated rings. The molecule has 0 unspecified atom stereocenters. The summed E-state index contributed by atoms with van der Waals surface area (Å²) in [5, 5.41) is 6.11. The molecule has 1 heterocycles. The van der Waals surface area contributed by atoms with Crippen molar-refractivity contribution in [3.63, 3.8) is 0 Å². The molecule has 8 heteroatoms. The Morgan fingerprint density at radius 3 is 2.76 bits per heavy atom. The average Bonchev–Trinajstić information content (AvgIpc) is 2.59. The first kappa shape index (κ1) is 18.9. The van der Waals surface area contributed by atoms with Crippen molar-refractivity contribution in [1.29, 1.82) is 0 Å². The van der Waals surface area contributed by atoms with Crippen LogP contribution in [0.3, 0.4) is 0 Å². The minimum Gasteiger partial charge on any atom is -0.748 e. The van der Waals surface area contributed by atoms with Gasteiger partial charge in [0, 0.05) is 25.3 Å². The van der Waals surface area contributed by atoms with Crippen molar-refractivity contribution in [3.05, 3.63) is 54.4 Å². The van der Waals surface area contributed by atoms with Gasteiger partial charge in [0.25, 0.3) is 0 Å². The van der Waals surface area contributed by atoms with Gasteiger partial charge in [-0.2, -0.15) is 5.10 Å². The summed E-state index contributed by atoms with van der Waals surface area (Å²) in [6.45, 7) is 0.450. The third-order valence-electron chi connectivity index (χ3n) is 3.51. The number of aromatic nitrogens is 1. The van der Waals surface area contributed by atoms with E-state index in [0.29, 0.717) is 6.54 Å². The number of nitrogens with zero attached hydrogens (tertiary/aromatic N) is 3. The minimum atomic E-state index is -4.17. The molecule has 0 saturated heterocycles. The molecule has 0 N–H and O–H groups in total. The molecule has 0 amide bonds. The summed E-state index contributed by atoms with van der Waals surface area (Å²) in [5.74, 6) is 0.360. The largest absolute Gasteiger partial charge is 0.748 e. The number of hydrazone groups is 1. The summed E-state index contributed by atoms with van der Waals surface area (Å²) < 4.78 is 39.1. The van der Waals surface area contributed by atoms with Crippen LogP contribution in [0.15, 0.2) is 53.9 Å². The second kappa shape index (κ2) is 8.59. The molecular weight excluding hydrogens is 342 g/mol. The molecule has 0 aliphatic rings. The van der Waals surface area contributed by atoms with E-state index in [4.69, 9.17) is 4.74 Å². The maximum Gasteiger partial charge on any atom is 0.177 e. The van der Waals surface area contributed by atoms with Crippen LogP contribution in [0.4, 0.5) is 5.69 Å². The zero-order chi connectivity index (χ0) is 18.3. The van der Waals surface area contributed by atoms with E-state index in [9.17, 15) is 13.0 Å². The molecule has 0 spiro atoms. The first-order valence-electron chi connectivity index (χ1n) is 7.72. The van der Waals surface area contributed by atoms with E-state index in [0.717, 1.165) is 17.0 Å². The van der Waals surface area contributed by atoms with Crippen molar-refractivity contribution in [2.75, 3.05) is 24.9 Å². The van der Waals surface area contributed by atoms with Gasteiger partial charge in [-0.3, -0.25) is 5.01 Å². The third kappa shape index (κ3) is 6.17. The first-order chi connectivity index (χ1) is 11.9. The number of ether oxygens (including phenoxy) is 1. The molecule has 0 atom stereocenters. The second-order valence-electron chi connectivity index (χ2n) is 5.43. The molecular formula is C17H21N3O4S. The number of anilines is 1. The highest BCUT2D eigenvalue weighted by Crippen LogP contribution is 2.26. The summed E-state index contributed by atoms with van der Waals surface area (Å²) in [5.41, 5.74) is 1.69. The van der Waals surface area contributed by atoms with Crippen molar-refractivity contribution in [2.45, 2.75) is 13.0 Å². The Kier molecular flexibility index (Phi) is 6.49. The summed E-state index contributed by atoms with van der Waals surface area (Å²) >= 11 is 0. The second-order valence-corrected chi connectivity index (χ2v) is 6.95. The third-order valence-corrected chi connectivity index (χ3v) is 4.29. The maximum absolute atomic E-state index is 10.7. The van der Waals surface area contributed by atoms with Crippen LogP contribution in [-0.2, 0) is 16.7 Å². The van der Waals surface area contributed by atoms with Crippen LogP contribution in [-0.4, -0.2) is 39.1 Å². The lowest BCUT2D eigenvalue weighted by Crippen LogP contribution is -2.34. The lowest BCUT2D eigenvalue weighted by atomic mass is 10.3. The van der Waals surface area contributed by atoms with Gasteiger partial charge in [0.2, 0.25) is 0 Å². The zero-order valence-corrected chi connectivity index (χ0v) is 15.0. The van der Waals surface area contributed by atoms with E-state index in [2.05, 4.69) is 5.10 Å². The highest BCUT2D eigenvalue weighted by atomic mass is 32.2. The molecule has 134 valence electrons. The van der Waals surface area contributed by atoms with Crippen LogP contribution in [0.5, 0.6) is 5.75 Å². The smallest absolute Gasteiger partial charge is 0.177 e. The van der Waals surface area contributed by atoms with Gasteiger partial charge in [-0.25, -0.2) is 13.0 Å².